The van der Waals surface area contributed by atoms with Crippen LogP contribution in [0, 0.1) is 0 Å². The van der Waals surface area contributed by atoms with Crippen LogP contribution in [0.15, 0.2) is 59.0 Å². The van der Waals surface area contributed by atoms with Crippen molar-refractivity contribution in [3.05, 3.63) is 65.2 Å². The number of para-hydroxylation sites is 1. The van der Waals surface area contributed by atoms with Gasteiger partial charge in [0.05, 0.1) is 22.3 Å². The summed E-state index contributed by atoms with van der Waals surface area (Å²) < 4.78 is 30.0. The molecular formula is C18H15NO4S. The topological polar surface area (TPSA) is 72.5 Å². The maximum Gasteiger partial charge on any atom is 0.251 e. The number of ether oxygens (including phenoxy) is 1. The van der Waals surface area contributed by atoms with Crippen molar-refractivity contribution in [1.82, 2.24) is 5.32 Å². The largest absolute Gasteiger partial charge is 0.488 e. The molecule has 6 heteroatoms. The van der Waals surface area contributed by atoms with Crippen LogP contribution in [0.1, 0.15) is 17.2 Å². The molecule has 1 N–H and O–H groups in total. The van der Waals surface area contributed by atoms with Crippen LogP contribution in [0.2, 0.25) is 0 Å². The fraction of sp³-hybridized carbons (Fsp3) is 0.167. The Bertz CT molecular complexity index is 962. The molecule has 122 valence electrons. The summed E-state index contributed by atoms with van der Waals surface area (Å²) in [6, 6.07) is 13.7. The van der Waals surface area contributed by atoms with Crippen molar-refractivity contribution in [1.29, 1.82) is 0 Å². The molecule has 2 aliphatic heterocycles. The molecule has 0 radical (unpaired) electrons. The summed E-state index contributed by atoms with van der Waals surface area (Å²) in [6.45, 7) is 0.171. The Kier molecular flexibility index (Phi) is 3.42. The summed E-state index contributed by atoms with van der Waals surface area (Å²) in [7, 11) is -3.35. The average molecular weight is 341 g/mol. The predicted molar refractivity (Wildman–Crippen MR) is 89.3 cm³/mol. The molecule has 5 nitrogen and oxygen atoms in total. The summed E-state index contributed by atoms with van der Waals surface area (Å²) >= 11 is 0. The van der Waals surface area contributed by atoms with Crippen molar-refractivity contribution in [2.24, 2.45) is 0 Å². The molecule has 2 aromatic carbocycles. The van der Waals surface area contributed by atoms with Crippen LogP contribution in [0.5, 0.6) is 5.75 Å². The van der Waals surface area contributed by atoms with Crippen molar-refractivity contribution in [2.45, 2.75) is 10.9 Å². The zero-order valence-corrected chi connectivity index (χ0v) is 13.5. The molecule has 0 spiro atoms. The molecule has 24 heavy (non-hydrogen) atoms. The van der Waals surface area contributed by atoms with E-state index in [1.54, 1.807) is 30.3 Å². The normalized spacial score (nSPS) is 20.3. The smallest absolute Gasteiger partial charge is 0.251 e. The molecule has 1 amide bonds. The number of benzene rings is 2. The Balaban J connectivity index is 1.59. The first-order chi connectivity index (χ1) is 11.5. The maximum atomic E-state index is 12.5. The number of carbonyl (C=O) groups excluding carboxylic acids is 1. The monoisotopic (exact) mass is 341 g/mol. The minimum absolute atomic E-state index is 0.108. The quantitative estimate of drug-likeness (QED) is 0.908. The first-order valence-electron chi connectivity index (χ1n) is 7.59. The van der Waals surface area contributed by atoms with Gasteiger partial charge in [0.1, 0.15) is 12.4 Å². The van der Waals surface area contributed by atoms with Crippen LogP contribution in [0.25, 0.3) is 6.08 Å². The maximum absolute atomic E-state index is 12.5. The lowest BCUT2D eigenvalue weighted by Crippen LogP contribution is -2.33. The van der Waals surface area contributed by atoms with E-state index in [9.17, 15) is 13.2 Å². The molecular weight excluding hydrogens is 326 g/mol. The predicted octanol–water partition coefficient (Wildman–Crippen LogP) is 2.11. The molecule has 0 fully saturated rings. The number of hydrogen-bond donors (Lipinski definition) is 1. The van der Waals surface area contributed by atoms with E-state index >= 15 is 0 Å². The average Bonchev–Trinajstić information content (AvgIpc) is 2.85. The molecule has 0 aliphatic carbocycles. The van der Waals surface area contributed by atoms with Crippen LogP contribution in [0.4, 0.5) is 0 Å². The molecule has 0 saturated carbocycles. The van der Waals surface area contributed by atoms with Crippen LogP contribution >= 0.6 is 0 Å². The van der Waals surface area contributed by atoms with Gasteiger partial charge in [-0.3, -0.25) is 4.79 Å². The Morgan fingerprint density at radius 1 is 1.08 bits per heavy atom. The molecule has 1 atom stereocenters. The highest BCUT2D eigenvalue weighted by Gasteiger charge is 2.35. The van der Waals surface area contributed by atoms with E-state index in [1.165, 1.54) is 0 Å². The lowest BCUT2D eigenvalue weighted by atomic mass is 10.1. The van der Waals surface area contributed by atoms with Gasteiger partial charge >= 0.3 is 0 Å². The van der Waals surface area contributed by atoms with E-state index in [4.69, 9.17) is 4.74 Å². The van der Waals surface area contributed by atoms with Gasteiger partial charge in [0.2, 0.25) is 0 Å². The highest BCUT2D eigenvalue weighted by atomic mass is 32.2. The van der Waals surface area contributed by atoms with E-state index in [-0.39, 0.29) is 18.3 Å². The lowest BCUT2D eigenvalue weighted by Gasteiger charge is -2.19. The van der Waals surface area contributed by atoms with E-state index in [1.807, 2.05) is 24.3 Å². The highest BCUT2D eigenvalue weighted by Crippen LogP contribution is 2.33. The molecule has 2 aromatic rings. The zero-order valence-electron chi connectivity index (χ0n) is 12.7. The van der Waals surface area contributed by atoms with Gasteiger partial charge in [-0.2, -0.15) is 0 Å². The first kappa shape index (κ1) is 15.0. The van der Waals surface area contributed by atoms with Crippen molar-refractivity contribution in [3.63, 3.8) is 0 Å². The third-order valence-electron chi connectivity index (χ3n) is 4.24. The van der Waals surface area contributed by atoms with Crippen molar-refractivity contribution in [3.8, 4) is 5.75 Å². The number of carbonyl (C=O) groups is 1. The Hall–Kier alpha value is -2.60. The molecule has 2 heterocycles. The zero-order chi connectivity index (χ0) is 16.7. The van der Waals surface area contributed by atoms with Crippen molar-refractivity contribution >= 4 is 21.8 Å². The second-order valence-electron chi connectivity index (χ2n) is 5.84. The van der Waals surface area contributed by atoms with Crippen molar-refractivity contribution < 1.29 is 17.9 Å². The molecule has 4 rings (SSSR count). The van der Waals surface area contributed by atoms with Gasteiger partial charge < -0.3 is 10.1 Å². The fourth-order valence-corrected chi connectivity index (χ4v) is 4.80. The van der Waals surface area contributed by atoms with Crippen LogP contribution in [-0.2, 0) is 14.6 Å². The number of amides is 1. The number of hydrogen-bond acceptors (Lipinski definition) is 4. The van der Waals surface area contributed by atoms with E-state index in [0.29, 0.717) is 16.0 Å². The first-order valence-corrected chi connectivity index (χ1v) is 9.25. The minimum atomic E-state index is -3.35. The van der Waals surface area contributed by atoms with Gasteiger partial charge in [-0.05, 0) is 23.8 Å². The van der Waals surface area contributed by atoms with E-state index in [2.05, 4.69) is 5.32 Å². The lowest BCUT2D eigenvalue weighted by molar-refractivity contribution is -0.118. The molecule has 0 saturated heterocycles. The summed E-state index contributed by atoms with van der Waals surface area (Å²) in [5, 5.41) is 2.82. The molecule has 0 aromatic heterocycles. The third-order valence-corrected chi connectivity index (χ3v) is 6.06. The number of sulfone groups is 1. The highest BCUT2D eigenvalue weighted by molar-refractivity contribution is 7.91. The number of fused-ring (bicyclic) bond motifs is 2. The Labute approximate surface area is 139 Å². The third kappa shape index (κ3) is 2.49. The number of rotatable bonds is 2. The number of nitrogens with one attached hydrogen (secondary N) is 1. The molecule has 0 bridgehead atoms. The van der Waals surface area contributed by atoms with Gasteiger partial charge in [-0.25, -0.2) is 8.42 Å². The summed E-state index contributed by atoms with van der Waals surface area (Å²) in [6.07, 6.45) is 1.78. The van der Waals surface area contributed by atoms with Gasteiger partial charge in [0.15, 0.2) is 9.84 Å². The van der Waals surface area contributed by atoms with E-state index in [0.717, 1.165) is 11.3 Å². The van der Waals surface area contributed by atoms with Gasteiger partial charge in [-0.1, -0.05) is 36.4 Å². The van der Waals surface area contributed by atoms with Crippen molar-refractivity contribution in [2.75, 3.05) is 12.4 Å². The Morgan fingerprint density at radius 2 is 1.83 bits per heavy atom. The summed E-state index contributed by atoms with van der Waals surface area (Å²) in [5.74, 6) is 0.326. The molecule has 2 aliphatic rings. The van der Waals surface area contributed by atoms with E-state index < -0.39 is 15.9 Å². The second kappa shape index (κ2) is 5.49. The minimum Gasteiger partial charge on any atom is -0.488 e. The fourth-order valence-electron chi connectivity index (χ4n) is 3.07. The SMILES string of the molecule is O=C(N[C@H]1CS(=O)(=O)c2ccccc21)C1=Cc2ccccc2OC1. The van der Waals surface area contributed by atoms with Crippen LogP contribution in [0.3, 0.4) is 0 Å². The standard InChI is InChI=1S/C18H15NO4S/c20-18(13-9-12-5-1-3-7-16(12)23-10-13)19-15-11-24(21,22)17-8-4-2-6-14(15)17/h1-9,15H,10-11H2,(H,19,20)/t15-/m0/s1. The molecule has 0 unspecified atom stereocenters. The van der Waals surface area contributed by atoms with Gasteiger partial charge in [0, 0.05) is 5.56 Å². The van der Waals surface area contributed by atoms with Crippen LogP contribution < -0.4 is 10.1 Å². The van der Waals surface area contributed by atoms with Gasteiger partial charge in [-0.15, -0.1) is 0 Å². The summed E-state index contributed by atoms with van der Waals surface area (Å²) in [4.78, 5) is 12.8. The van der Waals surface area contributed by atoms with Crippen LogP contribution in [-0.4, -0.2) is 26.7 Å². The summed E-state index contributed by atoms with van der Waals surface area (Å²) in [5.41, 5.74) is 1.97. The van der Waals surface area contributed by atoms with Gasteiger partial charge in [0.25, 0.3) is 5.91 Å². The Morgan fingerprint density at radius 3 is 2.71 bits per heavy atom. The second-order valence-corrected chi connectivity index (χ2v) is 7.84.